The highest BCUT2D eigenvalue weighted by atomic mass is 19.1. The number of benzene rings is 1. The van der Waals surface area contributed by atoms with Gasteiger partial charge in [0.25, 0.3) is 0 Å². The van der Waals surface area contributed by atoms with Gasteiger partial charge in [0.15, 0.2) is 0 Å². The van der Waals surface area contributed by atoms with E-state index in [1.54, 1.807) is 12.1 Å². The number of aromatic nitrogens is 2. The Morgan fingerprint density at radius 3 is 2.73 bits per heavy atom. The monoisotopic (exact) mass is 414 g/mol. The fourth-order valence-corrected chi connectivity index (χ4v) is 4.82. The molecular weight excluding hydrogens is 379 g/mol. The number of aryl methyl sites for hydroxylation is 1. The highest BCUT2D eigenvalue weighted by Gasteiger charge is 2.25. The zero-order valence-electron chi connectivity index (χ0n) is 18.2. The van der Waals surface area contributed by atoms with E-state index in [0.29, 0.717) is 18.6 Å². The lowest BCUT2D eigenvalue weighted by Crippen LogP contribution is -2.41. The van der Waals surface area contributed by atoms with Crippen LogP contribution in [0.4, 0.5) is 4.39 Å². The highest BCUT2D eigenvalue weighted by Crippen LogP contribution is 2.23. The minimum absolute atomic E-state index is 0.0891. The van der Waals surface area contributed by atoms with Gasteiger partial charge in [-0.2, -0.15) is 0 Å². The van der Waals surface area contributed by atoms with Crippen LogP contribution in [0.5, 0.6) is 0 Å². The van der Waals surface area contributed by atoms with Gasteiger partial charge in [0.2, 0.25) is 0 Å². The predicted molar refractivity (Wildman–Crippen MR) is 117 cm³/mol. The van der Waals surface area contributed by atoms with Gasteiger partial charge in [-0.05, 0) is 57.7 Å². The summed E-state index contributed by atoms with van der Waals surface area (Å²) in [5.74, 6) is 1.73. The number of ether oxygens (including phenoxy) is 1. The van der Waals surface area contributed by atoms with Crippen LogP contribution in [0.1, 0.15) is 44.0 Å². The van der Waals surface area contributed by atoms with Crippen LogP contribution in [0.25, 0.3) is 0 Å². The Morgan fingerprint density at radius 2 is 2.00 bits per heavy atom. The quantitative estimate of drug-likeness (QED) is 0.622. The molecule has 2 aromatic rings. The number of halogens is 1. The number of imidazole rings is 1. The fourth-order valence-electron chi connectivity index (χ4n) is 4.82. The molecular formula is C24H35FN4O. The molecule has 0 spiro atoms. The first-order valence-electron chi connectivity index (χ1n) is 11.5. The Kier molecular flexibility index (Phi) is 7.52. The molecule has 2 fully saturated rings. The summed E-state index contributed by atoms with van der Waals surface area (Å²) < 4.78 is 22.1. The maximum atomic E-state index is 14.0. The maximum absolute atomic E-state index is 14.0. The van der Waals surface area contributed by atoms with Crippen molar-refractivity contribution in [2.45, 2.75) is 58.3 Å². The lowest BCUT2D eigenvalue weighted by molar-refractivity contribution is 0.0555. The Morgan fingerprint density at radius 1 is 1.17 bits per heavy atom. The molecule has 1 aromatic carbocycles. The lowest BCUT2D eigenvalue weighted by atomic mass is 9.95. The van der Waals surface area contributed by atoms with Crippen molar-refractivity contribution < 1.29 is 9.13 Å². The standard InChI is InChI=1S/C24H35FN4O/c1-2-29-14-11-26-24(29)19-28(18-22-7-5-15-30-22)16-20-9-12-27(13-10-20)17-21-6-3-4-8-23(21)25/h3-4,6,8,11,14,20,22H,2,5,7,9-10,12-13,15-19H2,1H3/t22-/m0/s1. The van der Waals surface area contributed by atoms with Crippen molar-refractivity contribution in [2.75, 3.05) is 32.8 Å². The average molecular weight is 415 g/mol. The first kappa shape index (κ1) is 21.5. The van der Waals surface area contributed by atoms with E-state index in [2.05, 4.69) is 32.5 Å². The van der Waals surface area contributed by atoms with E-state index in [0.717, 1.165) is 57.3 Å². The second-order valence-corrected chi connectivity index (χ2v) is 8.77. The van der Waals surface area contributed by atoms with Crippen LogP contribution in [0, 0.1) is 11.7 Å². The SMILES string of the molecule is CCn1ccnc1CN(CC1CCN(Cc2ccccc2F)CC1)C[C@@H]1CCCO1. The van der Waals surface area contributed by atoms with Crippen molar-refractivity contribution in [1.29, 1.82) is 0 Å². The predicted octanol–water partition coefficient (Wildman–Crippen LogP) is 3.94. The molecule has 0 amide bonds. The molecule has 0 saturated carbocycles. The van der Waals surface area contributed by atoms with Gasteiger partial charge < -0.3 is 9.30 Å². The molecule has 2 aliphatic heterocycles. The van der Waals surface area contributed by atoms with Gasteiger partial charge in [0.05, 0.1) is 12.6 Å². The van der Waals surface area contributed by atoms with Crippen LogP contribution >= 0.6 is 0 Å². The van der Waals surface area contributed by atoms with Crippen molar-refractivity contribution in [2.24, 2.45) is 5.92 Å². The summed E-state index contributed by atoms with van der Waals surface area (Å²) in [5.41, 5.74) is 0.808. The third kappa shape index (κ3) is 5.68. The fraction of sp³-hybridized carbons (Fsp3) is 0.625. The summed E-state index contributed by atoms with van der Waals surface area (Å²) in [5, 5.41) is 0. The van der Waals surface area contributed by atoms with Gasteiger partial charge in [-0.15, -0.1) is 0 Å². The number of hydrogen-bond donors (Lipinski definition) is 0. The molecule has 1 atom stereocenters. The molecule has 3 heterocycles. The van der Waals surface area contributed by atoms with Crippen LogP contribution in [-0.4, -0.2) is 58.2 Å². The minimum atomic E-state index is -0.0891. The second-order valence-electron chi connectivity index (χ2n) is 8.77. The zero-order chi connectivity index (χ0) is 20.8. The van der Waals surface area contributed by atoms with Crippen molar-refractivity contribution in [1.82, 2.24) is 19.4 Å². The van der Waals surface area contributed by atoms with Crippen LogP contribution in [-0.2, 0) is 24.4 Å². The summed E-state index contributed by atoms with van der Waals surface area (Å²) in [6, 6.07) is 7.15. The van der Waals surface area contributed by atoms with Crippen molar-refractivity contribution in [3.05, 3.63) is 53.9 Å². The normalized spacial score (nSPS) is 21.0. The van der Waals surface area contributed by atoms with E-state index < -0.39 is 0 Å². The second kappa shape index (κ2) is 10.5. The Balaban J connectivity index is 1.32. The molecule has 2 aliphatic rings. The zero-order valence-corrected chi connectivity index (χ0v) is 18.2. The number of piperidine rings is 1. The molecule has 1 aromatic heterocycles. The third-order valence-corrected chi connectivity index (χ3v) is 6.57. The van der Waals surface area contributed by atoms with Crippen LogP contribution in [0.15, 0.2) is 36.7 Å². The summed E-state index contributed by atoms with van der Waals surface area (Å²) in [4.78, 5) is 9.55. The maximum Gasteiger partial charge on any atom is 0.127 e. The number of nitrogens with zero attached hydrogens (tertiary/aromatic N) is 4. The van der Waals surface area contributed by atoms with E-state index >= 15 is 0 Å². The highest BCUT2D eigenvalue weighted by molar-refractivity contribution is 5.17. The van der Waals surface area contributed by atoms with Gasteiger partial charge in [0, 0.05) is 50.7 Å². The van der Waals surface area contributed by atoms with E-state index in [-0.39, 0.29) is 5.82 Å². The Hall–Kier alpha value is -1.76. The molecule has 0 bridgehead atoms. The Bertz CT molecular complexity index is 781. The van der Waals surface area contributed by atoms with Crippen molar-refractivity contribution in [3.63, 3.8) is 0 Å². The van der Waals surface area contributed by atoms with Gasteiger partial charge in [-0.1, -0.05) is 18.2 Å². The van der Waals surface area contributed by atoms with Crippen LogP contribution in [0.3, 0.4) is 0 Å². The summed E-state index contributed by atoms with van der Waals surface area (Å²) in [6.45, 7) is 9.78. The van der Waals surface area contributed by atoms with Gasteiger partial charge in [0.1, 0.15) is 11.6 Å². The molecule has 0 N–H and O–H groups in total. The van der Waals surface area contributed by atoms with Gasteiger partial charge in [-0.3, -0.25) is 9.80 Å². The first-order chi connectivity index (χ1) is 14.7. The van der Waals surface area contributed by atoms with Crippen LogP contribution < -0.4 is 0 Å². The van der Waals surface area contributed by atoms with Crippen molar-refractivity contribution in [3.8, 4) is 0 Å². The molecule has 0 unspecified atom stereocenters. The number of hydrogen-bond acceptors (Lipinski definition) is 4. The molecule has 2 saturated heterocycles. The molecule has 0 radical (unpaired) electrons. The lowest BCUT2D eigenvalue weighted by Gasteiger charge is -2.35. The van der Waals surface area contributed by atoms with E-state index in [4.69, 9.17) is 4.74 Å². The first-order valence-corrected chi connectivity index (χ1v) is 11.5. The molecule has 4 rings (SSSR count). The molecule has 5 nitrogen and oxygen atoms in total. The van der Waals surface area contributed by atoms with E-state index in [1.165, 1.54) is 25.7 Å². The summed E-state index contributed by atoms with van der Waals surface area (Å²) in [7, 11) is 0. The molecule has 164 valence electrons. The van der Waals surface area contributed by atoms with Crippen molar-refractivity contribution >= 4 is 0 Å². The number of rotatable bonds is 9. The Labute approximate surface area is 179 Å². The minimum Gasteiger partial charge on any atom is -0.377 e. The topological polar surface area (TPSA) is 33.5 Å². The molecule has 30 heavy (non-hydrogen) atoms. The number of likely N-dealkylation sites (tertiary alicyclic amines) is 1. The van der Waals surface area contributed by atoms with Crippen LogP contribution in [0.2, 0.25) is 0 Å². The third-order valence-electron chi connectivity index (χ3n) is 6.57. The largest absolute Gasteiger partial charge is 0.377 e. The van der Waals surface area contributed by atoms with E-state index in [9.17, 15) is 4.39 Å². The summed E-state index contributed by atoms with van der Waals surface area (Å²) in [6.07, 6.45) is 9.01. The van der Waals surface area contributed by atoms with E-state index in [1.807, 2.05) is 18.3 Å². The average Bonchev–Trinajstić information content (AvgIpc) is 3.43. The van der Waals surface area contributed by atoms with Gasteiger partial charge in [-0.25, -0.2) is 9.37 Å². The smallest absolute Gasteiger partial charge is 0.127 e. The summed E-state index contributed by atoms with van der Waals surface area (Å²) >= 11 is 0. The van der Waals surface area contributed by atoms with Gasteiger partial charge >= 0.3 is 0 Å². The molecule has 0 aliphatic carbocycles. The molecule has 6 heteroatoms.